The third-order valence-corrected chi connectivity index (χ3v) is 10.4. The van der Waals surface area contributed by atoms with Crippen LogP contribution in [0.3, 0.4) is 0 Å². The van der Waals surface area contributed by atoms with Gasteiger partial charge in [0, 0.05) is 0 Å². The predicted octanol–water partition coefficient (Wildman–Crippen LogP) is 5.47. The molecule has 4 nitrogen and oxygen atoms in total. The van der Waals surface area contributed by atoms with E-state index in [1.807, 2.05) is 72.8 Å². The molecule has 0 bridgehead atoms. The Morgan fingerprint density at radius 2 is 1.21 bits per heavy atom. The molecule has 176 valence electrons. The molecule has 0 amide bonds. The van der Waals surface area contributed by atoms with Crippen molar-refractivity contribution in [1.82, 2.24) is 9.34 Å². The predicted molar refractivity (Wildman–Crippen MR) is 138 cm³/mol. The Kier molecular flexibility index (Phi) is 7.24. The number of aliphatic hydroxyl groups excluding tert-OH is 1. The van der Waals surface area contributed by atoms with Crippen molar-refractivity contribution in [3.05, 3.63) is 114 Å². The first kappa shape index (κ1) is 23.4. The zero-order chi connectivity index (χ0) is 23.4. The smallest absolute Gasteiger partial charge is 0.211 e. The summed E-state index contributed by atoms with van der Waals surface area (Å²) in [7, 11) is -3.32. The Morgan fingerprint density at radius 3 is 1.68 bits per heavy atom. The van der Waals surface area contributed by atoms with Gasteiger partial charge in [-0.15, -0.1) is 0 Å². The average molecular weight is 473 g/mol. The molecule has 5 rings (SSSR count). The van der Waals surface area contributed by atoms with Crippen LogP contribution < -0.4 is 4.89 Å². The summed E-state index contributed by atoms with van der Waals surface area (Å²) >= 11 is 0. The molecule has 1 aliphatic carbocycles. The number of nitrogens with zero attached hydrogens (tertiary/aromatic N) is 2. The highest BCUT2D eigenvalue weighted by atomic mass is 31.2. The number of rotatable bonds is 7. The molecule has 3 aromatic carbocycles. The van der Waals surface area contributed by atoms with Gasteiger partial charge in [-0.25, -0.2) is 0 Å². The maximum absolute atomic E-state index is 15.1. The number of benzene rings is 3. The standard InChI is InChI=1S/C29H33N2O2P/c32-29(21-20-24-12-4-1-5-13-24)34(33)30(22-25-14-6-2-7-15-25)27-18-10-11-19-28(27)31(34)23-26-16-8-3-9-17-26/h1-9,12-17,20-21,27-29,32H,10-11,18-19,22-23H2/b21-20+. The normalized spacial score (nSPS) is 26.5. The van der Waals surface area contributed by atoms with Crippen molar-refractivity contribution >= 4 is 13.9 Å². The highest BCUT2D eigenvalue weighted by Crippen LogP contribution is 2.70. The summed E-state index contributed by atoms with van der Waals surface area (Å²) in [5.41, 5.74) is 3.26. The van der Waals surface area contributed by atoms with Crippen molar-refractivity contribution in [3.63, 3.8) is 0 Å². The summed E-state index contributed by atoms with van der Waals surface area (Å²) < 4.78 is 4.32. The lowest BCUT2D eigenvalue weighted by Gasteiger charge is -2.42. The lowest BCUT2D eigenvalue weighted by atomic mass is 9.90. The topological polar surface area (TPSA) is 49.8 Å². The van der Waals surface area contributed by atoms with E-state index < -0.39 is 13.6 Å². The molecule has 0 radical (unpaired) electrons. The first-order valence-electron chi connectivity index (χ1n) is 12.3. The molecule has 3 unspecified atom stereocenters. The van der Waals surface area contributed by atoms with Gasteiger partial charge < -0.3 is 10.00 Å². The molecule has 1 saturated carbocycles. The lowest BCUT2D eigenvalue weighted by molar-refractivity contribution is -0.199. The van der Waals surface area contributed by atoms with Crippen molar-refractivity contribution in [1.29, 1.82) is 0 Å². The molecule has 1 saturated heterocycles. The number of hydrogen-bond donors (Lipinski definition) is 1. The van der Waals surface area contributed by atoms with Crippen molar-refractivity contribution in [2.24, 2.45) is 0 Å². The van der Waals surface area contributed by atoms with E-state index in [-0.39, 0.29) is 12.1 Å². The monoisotopic (exact) mass is 472 g/mol. The molecule has 0 aromatic heterocycles. The van der Waals surface area contributed by atoms with Gasteiger partial charge in [0.1, 0.15) is 7.79 Å². The van der Waals surface area contributed by atoms with E-state index in [1.165, 1.54) is 0 Å². The van der Waals surface area contributed by atoms with Crippen LogP contribution in [0, 0.1) is 0 Å². The maximum atomic E-state index is 15.1. The fourth-order valence-corrected chi connectivity index (χ4v) is 8.85. The minimum Gasteiger partial charge on any atom is -0.648 e. The van der Waals surface area contributed by atoms with Gasteiger partial charge in [-0.3, -0.25) is 0 Å². The van der Waals surface area contributed by atoms with E-state index in [1.54, 1.807) is 6.08 Å². The average Bonchev–Trinajstić information content (AvgIpc) is 3.13. The van der Waals surface area contributed by atoms with Gasteiger partial charge in [0.15, 0.2) is 0 Å². The fourth-order valence-electron chi connectivity index (χ4n) is 5.52. The quantitative estimate of drug-likeness (QED) is 0.463. The number of fused-ring (bicyclic) bond motifs is 1. The Balaban J connectivity index is 1.53. The van der Waals surface area contributed by atoms with Gasteiger partial charge in [0.05, 0.1) is 25.2 Å². The van der Waals surface area contributed by atoms with Crippen LogP contribution in [0.2, 0.25) is 0 Å². The van der Waals surface area contributed by atoms with Crippen molar-refractivity contribution in [2.45, 2.75) is 56.7 Å². The Labute approximate surface area is 203 Å². The highest BCUT2D eigenvalue weighted by Gasteiger charge is 2.61. The van der Waals surface area contributed by atoms with Crippen LogP contribution in [-0.4, -0.2) is 32.4 Å². The van der Waals surface area contributed by atoms with Gasteiger partial charge in [0.25, 0.3) is 0 Å². The van der Waals surface area contributed by atoms with E-state index >= 15 is 4.89 Å². The van der Waals surface area contributed by atoms with Gasteiger partial charge in [0.2, 0.25) is 5.85 Å². The molecular weight excluding hydrogens is 439 g/mol. The molecule has 34 heavy (non-hydrogen) atoms. The number of hydrogen-bond acceptors (Lipinski definition) is 4. The number of aliphatic hydroxyl groups is 1. The van der Waals surface area contributed by atoms with Crippen LogP contribution in [0.15, 0.2) is 97.1 Å². The van der Waals surface area contributed by atoms with Crippen LogP contribution in [-0.2, 0) is 13.1 Å². The third kappa shape index (κ3) is 4.75. The van der Waals surface area contributed by atoms with Crippen LogP contribution in [0.1, 0.15) is 42.4 Å². The molecule has 1 aliphatic heterocycles. The minimum absolute atomic E-state index is 0.184. The van der Waals surface area contributed by atoms with Crippen molar-refractivity contribution in [3.8, 4) is 0 Å². The fraction of sp³-hybridized carbons (Fsp3) is 0.310. The van der Waals surface area contributed by atoms with Gasteiger partial charge in [-0.2, -0.15) is 9.34 Å². The van der Waals surface area contributed by atoms with E-state index in [0.717, 1.165) is 42.4 Å². The highest BCUT2D eigenvalue weighted by molar-refractivity contribution is 7.65. The SMILES string of the molecule is [O-][P+]1(C(O)/C=C/c2ccccc2)N(Cc2ccccc2)C2CCCCC2N1Cc1ccccc1. The second-order valence-electron chi connectivity index (χ2n) is 9.36. The Hall–Kier alpha value is -2.33. The summed E-state index contributed by atoms with van der Waals surface area (Å²) in [6, 6.07) is 30.8. The van der Waals surface area contributed by atoms with E-state index in [9.17, 15) is 5.11 Å². The summed E-state index contributed by atoms with van der Waals surface area (Å²) in [5, 5.41) is 11.6. The summed E-state index contributed by atoms with van der Waals surface area (Å²) in [6.07, 6.45) is 7.95. The van der Waals surface area contributed by atoms with Crippen molar-refractivity contribution in [2.75, 3.05) is 0 Å². The first-order valence-corrected chi connectivity index (χ1v) is 14.0. The summed E-state index contributed by atoms with van der Waals surface area (Å²) in [6.45, 7) is 1.17. The van der Waals surface area contributed by atoms with Crippen LogP contribution in [0.25, 0.3) is 6.08 Å². The molecular formula is C29H33N2O2P. The second-order valence-corrected chi connectivity index (χ2v) is 12.1. The molecule has 3 aromatic rings. The molecule has 0 spiro atoms. The molecule has 2 fully saturated rings. The zero-order valence-electron chi connectivity index (χ0n) is 19.5. The van der Waals surface area contributed by atoms with Crippen molar-refractivity contribution < 1.29 is 10.00 Å². The van der Waals surface area contributed by atoms with E-state index in [0.29, 0.717) is 13.1 Å². The summed E-state index contributed by atoms with van der Waals surface area (Å²) in [4.78, 5) is 15.1. The van der Waals surface area contributed by atoms with Gasteiger partial charge in [-0.05, 0) is 35.6 Å². The molecule has 5 heteroatoms. The third-order valence-electron chi connectivity index (χ3n) is 7.18. The summed E-state index contributed by atoms with van der Waals surface area (Å²) in [5.74, 6) is -1.06. The maximum Gasteiger partial charge on any atom is 0.211 e. The molecule has 3 atom stereocenters. The van der Waals surface area contributed by atoms with Gasteiger partial charge in [-0.1, -0.05) is 110 Å². The van der Waals surface area contributed by atoms with Crippen LogP contribution in [0.5, 0.6) is 0 Å². The Bertz CT molecular complexity index is 1020. The lowest BCUT2D eigenvalue weighted by Crippen LogP contribution is -2.41. The second kappa shape index (κ2) is 10.5. The molecule has 1 N–H and O–H groups in total. The first-order chi connectivity index (χ1) is 16.7. The van der Waals surface area contributed by atoms with E-state index in [2.05, 4.69) is 33.6 Å². The molecule has 1 heterocycles. The minimum atomic E-state index is -3.32. The largest absolute Gasteiger partial charge is 0.648 e. The van der Waals surface area contributed by atoms with Crippen LogP contribution >= 0.6 is 7.79 Å². The van der Waals surface area contributed by atoms with Crippen LogP contribution in [0.4, 0.5) is 0 Å². The Morgan fingerprint density at radius 1 is 0.765 bits per heavy atom. The molecule has 2 aliphatic rings. The van der Waals surface area contributed by atoms with E-state index in [4.69, 9.17) is 0 Å². The van der Waals surface area contributed by atoms with Gasteiger partial charge >= 0.3 is 0 Å². The zero-order valence-corrected chi connectivity index (χ0v) is 20.4.